The number of rotatable bonds is 3. The molecule has 3 heterocycles. The molecule has 2 aliphatic heterocycles. The van der Waals surface area contributed by atoms with Gasteiger partial charge >= 0.3 is 0 Å². The molecule has 1 fully saturated rings. The highest BCUT2D eigenvalue weighted by atomic mass is 16.5. The van der Waals surface area contributed by atoms with Gasteiger partial charge in [-0.2, -0.15) is 0 Å². The molecule has 5 heteroatoms. The smallest absolute Gasteiger partial charge is 0.164 e. The first-order valence-electron chi connectivity index (χ1n) is 7.07. The van der Waals surface area contributed by atoms with E-state index in [1.165, 1.54) is 0 Å². The number of likely N-dealkylation sites (tertiary alicyclic amines) is 1. The van der Waals surface area contributed by atoms with Crippen molar-refractivity contribution in [3.63, 3.8) is 0 Å². The summed E-state index contributed by atoms with van der Waals surface area (Å²) in [4.78, 5) is 11.1. The van der Waals surface area contributed by atoms with Gasteiger partial charge in [-0.1, -0.05) is 6.07 Å². The minimum atomic E-state index is -0.129. The van der Waals surface area contributed by atoms with E-state index in [2.05, 4.69) is 27.2 Å². The summed E-state index contributed by atoms with van der Waals surface area (Å²) in [6, 6.07) is 5.80. The van der Waals surface area contributed by atoms with Crippen LogP contribution in [0.1, 0.15) is 18.5 Å². The third kappa shape index (κ3) is 3.23. The van der Waals surface area contributed by atoms with E-state index in [1.54, 1.807) is 6.20 Å². The van der Waals surface area contributed by atoms with E-state index >= 15 is 0 Å². The molecule has 0 aliphatic carbocycles. The minimum Gasteiger partial charge on any atom is -0.360 e. The van der Waals surface area contributed by atoms with E-state index in [9.17, 15) is 0 Å². The van der Waals surface area contributed by atoms with Gasteiger partial charge in [0.05, 0.1) is 18.0 Å². The Morgan fingerprint density at radius 2 is 2.15 bits per heavy atom. The Labute approximate surface area is 119 Å². The van der Waals surface area contributed by atoms with Crippen molar-refractivity contribution in [2.75, 3.05) is 20.1 Å². The van der Waals surface area contributed by atoms with Crippen LogP contribution >= 0.6 is 0 Å². The van der Waals surface area contributed by atoms with Crippen LogP contribution in [0, 0.1) is 0 Å². The first kappa shape index (κ1) is 13.3. The van der Waals surface area contributed by atoms with Gasteiger partial charge in [-0.3, -0.25) is 9.98 Å². The second-order valence-electron chi connectivity index (χ2n) is 5.25. The third-order valence-corrected chi connectivity index (χ3v) is 3.67. The molecule has 1 aromatic heterocycles. The molecule has 3 rings (SSSR count). The standard InChI is InChI=1S/C15H20N4O/c1-19-8-5-12(6-9-19)20-15-11-17-14(10-18-15)13-4-2-3-7-16-13/h2-4,7,10-12,15,18H,5-6,8-9H2,1H3. The summed E-state index contributed by atoms with van der Waals surface area (Å²) in [7, 11) is 2.15. The molecule has 0 saturated carbocycles. The molecule has 20 heavy (non-hydrogen) atoms. The summed E-state index contributed by atoms with van der Waals surface area (Å²) in [6.07, 6.45) is 7.83. The fourth-order valence-corrected chi connectivity index (χ4v) is 2.45. The Hall–Kier alpha value is -1.72. The van der Waals surface area contributed by atoms with Crippen molar-refractivity contribution >= 4 is 11.9 Å². The van der Waals surface area contributed by atoms with Gasteiger partial charge in [0.15, 0.2) is 6.23 Å². The molecule has 106 valence electrons. The molecule has 1 N–H and O–H groups in total. The number of hydrogen-bond acceptors (Lipinski definition) is 5. The summed E-state index contributed by atoms with van der Waals surface area (Å²) in [5.74, 6) is 0. The van der Waals surface area contributed by atoms with Crippen LogP contribution in [0.2, 0.25) is 0 Å². The Morgan fingerprint density at radius 1 is 1.30 bits per heavy atom. The predicted molar refractivity (Wildman–Crippen MR) is 79.2 cm³/mol. The van der Waals surface area contributed by atoms with Crippen molar-refractivity contribution in [1.82, 2.24) is 15.2 Å². The highest BCUT2D eigenvalue weighted by molar-refractivity contribution is 5.77. The molecule has 1 saturated heterocycles. The fraction of sp³-hybridized carbons (Fsp3) is 0.467. The molecule has 0 radical (unpaired) electrons. The molecule has 0 amide bonds. The number of hydrogen-bond donors (Lipinski definition) is 1. The topological polar surface area (TPSA) is 49.8 Å². The summed E-state index contributed by atoms with van der Waals surface area (Å²) < 4.78 is 6.01. The van der Waals surface area contributed by atoms with Crippen LogP contribution < -0.4 is 5.32 Å². The van der Waals surface area contributed by atoms with Gasteiger partial charge in [-0.25, -0.2) is 0 Å². The maximum absolute atomic E-state index is 6.01. The van der Waals surface area contributed by atoms with Crippen LogP contribution in [0.25, 0.3) is 5.70 Å². The minimum absolute atomic E-state index is 0.129. The number of aromatic nitrogens is 1. The van der Waals surface area contributed by atoms with Gasteiger partial charge in [-0.15, -0.1) is 0 Å². The SMILES string of the molecule is CN1CCC(OC2C=NC(c3ccccn3)=CN2)CC1. The second-order valence-corrected chi connectivity index (χ2v) is 5.25. The number of aliphatic imine (C=N–C) groups is 1. The lowest BCUT2D eigenvalue weighted by Gasteiger charge is -2.31. The van der Waals surface area contributed by atoms with Gasteiger partial charge in [0.1, 0.15) is 5.70 Å². The summed E-state index contributed by atoms with van der Waals surface area (Å²) >= 11 is 0. The molecular formula is C15H20N4O. The van der Waals surface area contributed by atoms with E-state index in [4.69, 9.17) is 4.74 Å². The zero-order valence-electron chi connectivity index (χ0n) is 11.7. The van der Waals surface area contributed by atoms with E-state index in [0.717, 1.165) is 37.3 Å². The quantitative estimate of drug-likeness (QED) is 0.906. The lowest BCUT2D eigenvalue weighted by molar-refractivity contribution is -0.0169. The number of nitrogens with one attached hydrogen (secondary N) is 1. The number of ether oxygens (including phenoxy) is 1. The Morgan fingerprint density at radius 3 is 2.80 bits per heavy atom. The van der Waals surface area contributed by atoms with Gasteiger partial charge in [0.2, 0.25) is 0 Å². The van der Waals surface area contributed by atoms with Crippen molar-refractivity contribution in [2.24, 2.45) is 4.99 Å². The highest BCUT2D eigenvalue weighted by Gasteiger charge is 2.21. The van der Waals surface area contributed by atoms with Crippen molar-refractivity contribution in [3.8, 4) is 0 Å². The van der Waals surface area contributed by atoms with E-state index in [0.29, 0.717) is 6.10 Å². The summed E-state index contributed by atoms with van der Waals surface area (Å²) in [6.45, 7) is 2.20. The number of pyridine rings is 1. The Balaban J connectivity index is 1.54. The zero-order chi connectivity index (χ0) is 13.8. The molecule has 5 nitrogen and oxygen atoms in total. The Kier molecular flexibility index (Phi) is 4.08. The Bertz CT molecular complexity index is 492. The number of piperidine rings is 1. The average Bonchev–Trinajstić information content (AvgIpc) is 2.51. The normalized spacial score (nSPS) is 24.2. The molecule has 1 unspecified atom stereocenters. The first-order chi connectivity index (χ1) is 9.81. The average molecular weight is 272 g/mol. The van der Waals surface area contributed by atoms with Crippen molar-refractivity contribution in [2.45, 2.75) is 25.2 Å². The van der Waals surface area contributed by atoms with Gasteiger partial charge < -0.3 is 15.0 Å². The van der Waals surface area contributed by atoms with Gasteiger partial charge in [-0.05, 0) is 32.0 Å². The molecule has 1 aromatic rings. The van der Waals surface area contributed by atoms with Crippen molar-refractivity contribution in [3.05, 3.63) is 36.3 Å². The van der Waals surface area contributed by atoms with Crippen LogP contribution in [0.5, 0.6) is 0 Å². The van der Waals surface area contributed by atoms with E-state index < -0.39 is 0 Å². The lowest BCUT2D eigenvalue weighted by Crippen LogP contribution is -2.40. The number of nitrogens with zero attached hydrogens (tertiary/aromatic N) is 3. The third-order valence-electron chi connectivity index (χ3n) is 3.67. The van der Waals surface area contributed by atoms with Crippen LogP contribution in [0.3, 0.4) is 0 Å². The van der Waals surface area contributed by atoms with Crippen molar-refractivity contribution in [1.29, 1.82) is 0 Å². The maximum Gasteiger partial charge on any atom is 0.164 e. The first-order valence-corrected chi connectivity index (χ1v) is 7.07. The second kappa shape index (κ2) is 6.15. The molecule has 0 spiro atoms. The zero-order valence-corrected chi connectivity index (χ0v) is 11.7. The van der Waals surface area contributed by atoms with Gasteiger partial charge in [0, 0.05) is 25.5 Å². The van der Waals surface area contributed by atoms with Gasteiger partial charge in [0.25, 0.3) is 0 Å². The fourth-order valence-electron chi connectivity index (χ4n) is 2.45. The van der Waals surface area contributed by atoms with Crippen molar-refractivity contribution < 1.29 is 4.74 Å². The maximum atomic E-state index is 6.01. The molecular weight excluding hydrogens is 252 g/mol. The summed E-state index contributed by atoms with van der Waals surface area (Å²) in [5.41, 5.74) is 1.71. The van der Waals surface area contributed by atoms with Crippen LogP contribution in [-0.4, -0.2) is 48.6 Å². The van der Waals surface area contributed by atoms with E-state index in [1.807, 2.05) is 30.6 Å². The largest absolute Gasteiger partial charge is 0.360 e. The summed E-state index contributed by atoms with van der Waals surface area (Å²) in [5, 5.41) is 3.24. The lowest BCUT2D eigenvalue weighted by atomic mass is 10.1. The predicted octanol–water partition coefficient (Wildman–Crippen LogP) is 1.49. The molecule has 2 aliphatic rings. The highest BCUT2D eigenvalue weighted by Crippen LogP contribution is 2.17. The molecule has 0 bridgehead atoms. The van der Waals surface area contributed by atoms with Crippen LogP contribution in [0.4, 0.5) is 0 Å². The molecule has 0 aromatic carbocycles. The monoisotopic (exact) mass is 272 g/mol. The molecule has 1 atom stereocenters. The van der Waals surface area contributed by atoms with E-state index in [-0.39, 0.29) is 6.23 Å². The van der Waals surface area contributed by atoms with Crippen LogP contribution in [0.15, 0.2) is 35.6 Å². The van der Waals surface area contributed by atoms with Crippen LogP contribution in [-0.2, 0) is 4.74 Å².